The molecular formula is C19H29F3N2. The third-order valence-corrected chi connectivity index (χ3v) is 5.28. The highest BCUT2D eigenvalue weighted by molar-refractivity contribution is 5.26. The maximum Gasteiger partial charge on any atom is 0.416 e. The van der Waals surface area contributed by atoms with Gasteiger partial charge in [-0.2, -0.15) is 13.2 Å². The lowest BCUT2D eigenvalue weighted by atomic mass is 9.97. The molecular weight excluding hydrogens is 313 g/mol. The number of hydrogen-bond acceptors (Lipinski definition) is 2. The van der Waals surface area contributed by atoms with Crippen molar-refractivity contribution in [3.8, 4) is 0 Å². The van der Waals surface area contributed by atoms with E-state index in [-0.39, 0.29) is 6.04 Å². The van der Waals surface area contributed by atoms with Crippen LogP contribution in [0.3, 0.4) is 0 Å². The molecule has 0 bridgehead atoms. The van der Waals surface area contributed by atoms with Gasteiger partial charge in [0.25, 0.3) is 0 Å². The van der Waals surface area contributed by atoms with E-state index >= 15 is 0 Å². The molecule has 3 atom stereocenters. The van der Waals surface area contributed by atoms with Crippen molar-refractivity contribution in [2.45, 2.75) is 71.4 Å². The lowest BCUT2D eigenvalue weighted by Crippen LogP contribution is -2.59. The van der Waals surface area contributed by atoms with Crippen molar-refractivity contribution in [1.82, 2.24) is 9.80 Å². The van der Waals surface area contributed by atoms with Crippen LogP contribution in [-0.4, -0.2) is 41.0 Å². The summed E-state index contributed by atoms with van der Waals surface area (Å²) in [4.78, 5) is 4.97. The lowest BCUT2D eigenvalue weighted by molar-refractivity contribution is -0.137. The van der Waals surface area contributed by atoms with E-state index in [9.17, 15) is 13.2 Å². The highest BCUT2D eigenvalue weighted by Gasteiger charge is 2.35. The van der Waals surface area contributed by atoms with E-state index in [4.69, 9.17) is 0 Å². The first-order valence-electron chi connectivity index (χ1n) is 8.83. The summed E-state index contributed by atoms with van der Waals surface area (Å²) in [6, 6.07) is 7.14. The average molecular weight is 342 g/mol. The van der Waals surface area contributed by atoms with Crippen molar-refractivity contribution in [3.63, 3.8) is 0 Å². The molecule has 24 heavy (non-hydrogen) atoms. The molecule has 136 valence electrons. The van der Waals surface area contributed by atoms with E-state index in [1.807, 2.05) is 0 Å². The van der Waals surface area contributed by atoms with Gasteiger partial charge in [-0.3, -0.25) is 9.80 Å². The molecule has 0 N–H and O–H groups in total. The summed E-state index contributed by atoms with van der Waals surface area (Å²) in [6.07, 6.45) is -3.19. The normalized spacial score (nSPS) is 25.2. The van der Waals surface area contributed by atoms with Crippen LogP contribution in [0.5, 0.6) is 0 Å². The van der Waals surface area contributed by atoms with Crippen molar-refractivity contribution in [2.75, 3.05) is 13.1 Å². The Hall–Kier alpha value is -1.07. The summed E-state index contributed by atoms with van der Waals surface area (Å²) < 4.78 is 38.2. The second-order valence-electron chi connectivity index (χ2n) is 7.19. The Morgan fingerprint density at radius 1 is 1.04 bits per heavy atom. The van der Waals surface area contributed by atoms with Gasteiger partial charge in [0.15, 0.2) is 0 Å². The van der Waals surface area contributed by atoms with Gasteiger partial charge in [-0.15, -0.1) is 0 Å². The Morgan fingerprint density at radius 3 is 2.08 bits per heavy atom. The van der Waals surface area contributed by atoms with E-state index in [0.29, 0.717) is 18.1 Å². The number of halogens is 3. The summed E-state index contributed by atoms with van der Waals surface area (Å²) in [5.74, 6) is 0. The second-order valence-corrected chi connectivity index (χ2v) is 7.19. The molecule has 1 aromatic rings. The molecule has 0 aromatic heterocycles. The van der Waals surface area contributed by atoms with Crippen molar-refractivity contribution >= 4 is 0 Å². The highest BCUT2D eigenvalue weighted by atomic mass is 19.4. The molecule has 2 rings (SSSR count). The van der Waals surface area contributed by atoms with Gasteiger partial charge in [-0.1, -0.05) is 19.1 Å². The third-order valence-electron chi connectivity index (χ3n) is 5.28. The minimum Gasteiger partial charge on any atom is -0.295 e. The van der Waals surface area contributed by atoms with E-state index in [1.54, 1.807) is 12.1 Å². The number of piperazine rings is 1. The fourth-order valence-electron chi connectivity index (χ4n) is 3.77. The van der Waals surface area contributed by atoms with Crippen molar-refractivity contribution in [3.05, 3.63) is 35.4 Å². The Balaban J connectivity index is 2.15. The molecule has 1 aromatic carbocycles. The van der Waals surface area contributed by atoms with Crippen molar-refractivity contribution in [1.29, 1.82) is 0 Å². The predicted octanol–water partition coefficient (Wildman–Crippen LogP) is 4.96. The maximum absolute atomic E-state index is 12.7. The highest BCUT2D eigenvalue weighted by Crippen LogP contribution is 2.32. The smallest absolute Gasteiger partial charge is 0.295 e. The quantitative estimate of drug-likeness (QED) is 0.763. The molecule has 0 amide bonds. The minimum atomic E-state index is -4.27. The first-order valence-corrected chi connectivity index (χ1v) is 8.83. The zero-order chi connectivity index (χ0) is 18.1. The molecule has 5 heteroatoms. The van der Waals surface area contributed by atoms with Crippen LogP contribution in [0.1, 0.15) is 58.2 Å². The van der Waals surface area contributed by atoms with Gasteiger partial charge < -0.3 is 0 Å². The summed E-state index contributed by atoms with van der Waals surface area (Å²) in [5.41, 5.74) is 0.366. The van der Waals surface area contributed by atoms with Crippen molar-refractivity contribution in [2.24, 2.45) is 0 Å². The van der Waals surface area contributed by atoms with Crippen LogP contribution in [0.4, 0.5) is 13.2 Å². The standard InChI is InChI=1S/C19H29F3N2/c1-6-18-12-24(14(4)11-23(18)13(2)3)15(5)16-7-9-17(10-8-16)19(20,21)22/h7-10,13-15,18H,6,11-12H2,1-5H3/t14-,15-,18+/m1/s1. The summed E-state index contributed by atoms with van der Waals surface area (Å²) in [7, 11) is 0. The number of benzene rings is 1. The first kappa shape index (κ1) is 19.3. The lowest BCUT2D eigenvalue weighted by Gasteiger charge is -2.49. The fraction of sp³-hybridized carbons (Fsp3) is 0.684. The van der Waals surface area contributed by atoms with Crippen LogP contribution in [-0.2, 0) is 6.18 Å². The van der Waals surface area contributed by atoms with Crippen molar-refractivity contribution < 1.29 is 13.2 Å². The third kappa shape index (κ3) is 4.12. The fourth-order valence-corrected chi connectivity index (χ4v) is 3.77. The van der Waals surface area contributed by atoms with Gasteiger partial charge in [0.05, 0.1) is 5.56 Å². The second kappa shape index (κ2) is 7.44. The number of nitrogens with zero attached hydrogens (tertiary/aromatic N) is 2. The maximum atomic E-state index is 12.7. The Bertz CT molecular complexity index is 524. The summed E-state index contributed by atoms with van der Waals surface area (Å²) >= 11 is 0. The van der Waals surface area contributed by atoms with Crippen LogP contribution >= 0.6 is 0 Å². The Labute approximate surface area is 143 Å². The molecule has 1 fully saturated rings. The summed E-state index contributed by atoms with van der Waals surface area (Å²) in [6.45, 7) is 12.9. The van der Waals surface area contributed by atoms with Gasteiger partial charge in [-0.05, 0) is 51.8 Å². The zero-order valence-electron chi connectivity index (χ0n) is 15.3. The van der Waals surface area contributed by atoms with Crippen LogP contribution in [0.15, 0.2) is 24.3 Å². The topological polar surface area (TPSA) is 6.48 Å². The number of alkyl halides is 3. The molecule has 1 saturated heterocycles. The van der Waals surface area contributed by atoms with Crippen LogP contribution in [0.2, 0.25) is 0 Å². The van der Waals surface area contributed by atoms with Gasteiger partial charge in [-0.25, -0.2) is 0 Å². The van der Waals surface area contributed by atoms with Gasteiger partial charge in [0.2, 0.25) is 0 Å². The van der Waals surface area contributed by atoms with Gasteiger partial charge >= 0.3 is 6.18 Å². The monoisotopic (exact) mass is 342 g/mol. The molecule has 1 aliphatic rings. The van der Waals surface area contributed by atoms with E-state index in [2.05, 4.69) is 44.4 Å². The predicted molar refractivity (Wildman–Crippen MR) is 91.9 cm³/mol. The first-order chi connectivity index (χ1) is 11.1. The van der Waals surface area contributed by atoms with Gasteiger partial charge in [0, 0.05) is 37.3 Å². The molecule has 0 unspecified atom stereocenters. The SMILES string of the molecule is CC[C@H]1CN([C@H](C)c2ccc(C(F)(F)F)cc2)[C@H](C)CN1C(C)C. The molecule has 0 aliphatic carbocycles. The molecule has 0 radical (unpaired) electrons. The molecule has 1 aliphatic heterocycles. The summed E-state index contributed by atoms with van der Waals surface area (Å²) in [5, 5.41) is 0. The number of rotatable bonds is 4. The van der Waals surface area contributed by atoms with E-state index < -0.39 is 11.7 Å². The molecule has 0 saturated carbocycles. The molecule has 2 nitrogen and oxygen atoms in total. The molecule has 1 heterocycles. The van der Waals surface area contributed by atoms with Crippen LogP contribution in [0.25, 0.3) is 0 Å². The average Bonchev–Trinajstić information content (AvgIpc) is 2.53. The number of hydrogen-bond donors (Lipinski definition) is 0. The minimum absolute atomic E-state index is 0.116. The molecule has 0 spiro atoms. The van der Waals surface area contributed by atoms with E-state index in [0.717, 1.165) is 25.1 Å². The van der Waals surface area contributed by atoms with E-state index in [1.165, 1.54) is 12.1 Å². The Morgan fingerprint density at radius 2 is 1.62 bits per heavy atom. The largest absolute Gasteiger partial charge is 0.416 e. The van der Waals surface area contributed by atoms with Gasteiger partial charge in [0.1, 0.15) is 0 Å². The Kier molecular flexibility index (Phi) is 5.97. The van der Waals surface area contributed by atoms with Crippen LogP contribution in [0, 0.1) is 0 Å². The van der Waals surface area contributed by atoms with Crippen LogP contribution < -0.4 is 0 Å². The zero-order valence-corrected chi connectivity index (χ0v) is 15.3.